The Morgan fingerprint density at radius 1 is 1.43 bits per heavy atom. The van der Waals surface area contributed by atoms with E-state index in [1.54, 1.807) is 29.7 Å². The van der Waals surface area contributed by atoms with Crippen molar-refractivity contribution >= 4 is 11.7 Å². The molecule has 0 aliphatic rings. The van der Waals surface area contributed by atoms with Gasteiger partial charge in [-0.05, 0) is 13.3 Å². The molecule has 7 nitrogen and oxygen atoms in total. The molecule has 0 aliphatic carbocycles. The maximum atomic E-state index is 12.1. The molecule has 0 N–H and O–H groups in total. The van der Waals surface area contributed by atoms with Gasteiger partial charge in [0.25, 0.3) is 5.69 Å². The van der Waals surface area contributed by atoms with E-state index in [-0.39, 0.29) is 11.4 Å². The second kappa shape index (κ2) is 7.53. The zero-order valence-electron chi connectivity index (χ0n) is 13.1. The number of para-hydroxylation sites is 1. The topological polar surface area (TPSA) is 87.3 Å². The summed E-state index contributed by atoms with van der Waals surface area (Å²) in [6.45, 7) is 4.14. The van der Waals surface area contributed by atoms with Crippen LogP contribution < -0.4 is 0 Å². The molecule has 1 atom stereocenters. The lowest BCUT2D eigenvalue weighted by molar-refractivity contribution is -0.385. The molecule has 2 aromatic rings. The Hall–Kier alpha value is -2.70. The normalized spacial score (nSPS) is 11.9. The monoisotopic (exact) mass is 317 g/mol. The fourth-order valence-corrected chi connectivity index (χ4v) is 2.31. The highest BCUT2D eigenvalue weighted by molar-refractivity contribution is 5.87. The maximum absolute atomic E-state index is 12.1. The summed E-state index contributed by atoms with van der Waals surface area (Å²) >= 11 is 0. The van der Waals surface area contributed by atoms with Gasteiger partial charge in [0, 0.05) is 6.07 Å². The van der Waals surface area contributed by atoms with Gasteiger partial charge in [-0.2, -0.15) is 0 Å². The van der Waals surface area contributed by atoms with Gasteiger partial charge in [-0.25, -0.2) is 9.78 Å². The van der Waals surface area contributed by atoms with Gasteiger partial charge in [-0.3, -0.25) is 10.1 Å². The fraction of sp³-hybridized carbons (Fsp3) is 0.375. The largest absolute Gasteiger partial charge is 0.461 e. The maximum Gasteiger partial charge on any atom is 0.356 e. The van der Waals surface area contributed by atoms with E-state index in [9.17, 15) is 14.9 Å². The summed E-state index contributed by atoms with van der Waals surface area (Å²) in [5.74, 6) is -0.471. The van der Waals surface area contributed by atoms with Crippen molar-refractivity contribution in [1.29, 1.82) is 0 Å². The van der Waals surface area contributed by atoms with Gasteiger partial charge in [-0.15, -0.1) is 0 Å². The molecule has 0 bridgehead atoms. The molecule has 1 aromatic heterocycles. The van der Waals surface area contributed by atoms with E-state index in [0.717, 1.165) is 12.8 Å². The number of hydrogen-bond donors (Lipinski definition) is 0. The first-order chi connectivity index (χ1) is 11.1. The lowest BCUT2D eigenvalue weighted by atomic mass is 10.1. The van der Waals surface area contributed by atoms with Crippen LogP contribution in [0.5, 0.6) is 0 Å². The quantitative estimate of drug-likeness (QED) is 0.338. The molecule has 0 radical (unpaired) electrons. The summed E-state index contributed by atoms with van der Waals surface area (Å²) in [5.41, 5.74) is 0.809. The second-order valence-electron chi connectivity index (χ2n) is 5.17. The first-order valence-electron chi connectivity index (χ1n) is 7.48. The van der Waals surface area contributed by atoms with Gasteiger partial charge < -0.3 is 9.30 Å². The zero-order chi connectivity index (χ0) is 16.8. The Balaban J connectivity index is 2.28. The molecule has 2 rings (SSSR count). The van der Waals surface area contributed by atoms with Crippen molar-refractivity contribution in [3.63, 3.8) is 0 Å². The number of nitrogens with zero attached hydrogens (tertiary/aromatic N) is 3. The van der Waals surface area contributed by atoms with Crippen LogP contribution in [-0.2, 0) is 4.74 Å². The number of carbonyl (C=O) groups is 1. The Morgan fingerprint density at radius 3 is 2.87 bits per heavy atom. The minimum atomic E-state index is -0.471. The number of benzene rings is 1. The van der Waals surface area contributed by atoms with Gasteiger partial charge >= 0.3 is 5.97 Å². The summed E-state index contributed by atoms with van der Waals surface area (Å²) in [5, 5.41) is 11.2. The molecule has 0 saturated carbocycles. The number of rotatable bonds is 7. The van der Waals surface area contributed by atoms with Crippen molar-refractivity contribution in [3.05, 3.63) is 58.2 Å². The van der Waals surface area contributed by atoms with Crippen molar-refractivity contribution in [2.75, 3.05) is 6.61 Å². The Labute approximate surface area is 134 Å². The third kappa shape index (κ3) is 3.74. The molecule has 0 fully saturated rings. The molecule has 0 aliphatic heterocycles. The van der Waals surface area contributed by atoms with E-state index in [1.807, 2.05) is 6.92 Å². The fourth-order valence-electron chi connectivity index (χ4n) is 2.31. The van der Waals surface area contributed by atoms with Crippen LogP contribution >= 0.6 is 0 Å². The van der Waals surface area contributed by atoms with Crippen LogP contribution in [0.25, 0.3) is 0 Å². The highest BCUT2D eigenvalue weighted by Gasteiger charge is 2.23. The lowest BCUT2D eigenvalue weighted by Crippen LogP contribution is -2.16. The standard InChI is InChI=1S/C16H19N3O4/c1-3-4-9-23-16(20)15-10-17-11-18(15)12(2)13-7-5-6-8-14(13)19(21)22/h5-8,10-12H,3-4,9H2,1-2H3. The predicted octanol–water partition coefficient (Wildman–Crippen LogP) is 3.36. The zero-order valence-corrected chi connectivity index (χ0v) is 13.1. The van der Waals surface area contributed by atoms with Gasteiger partial charge in [-0.1, -0.05) is 31.5 Å². The average molecular weight is 317 g/mol. The van der Waals surface area contributed by atoms with E-state index in [4.69, 9.17) is 4.74 Å². The third-order valence-corrected chi connectivity index (χ3v) is 3.61. The number of nitro groups is 1. The first-order valence-corrected chi connectivity index (χ1v) is 7.48. The number of aromatic nitrogens is 2. The number of ether oxygens (including phenoxy) is 1. The summed E-state index contributed by atoms with van der Waals surface area (Å²) in [4.78, 5) is 26.9. The van der Waals surface area contributed by atoms with Crippen LogP contribution in [0.15, 0.2) is 36.8 Å². The smallest absolute Gasteiger partial charge is 0.356 e. The molecule has 122 valence electrons. The van der Waals surface area contributed by atoms with E-state index in [1.165, 1.54) is 18.6 Å². The van der Waals surface area contributed by atoms with Crippen molar-refractivity contribution < 1.29 is 14.5 Å². The van der Waals surface area contributed by atoms with Gasteiger partial charge in [0.1, 0.15) is 5.69 Å². The SMILES string of the molecule is CCCCOC(=O)c1cncn1C(C)c1ccccc1[N+](=O)[O-]. The Kier molecular flexibility index (Phi) is 5.46. The van der Waals surface area contributed by atoms with Gasteiger partial charge in [0.2, 0.25) is 0 Å². The molecule has 0 saturated heterocycles. The van der Waals surface area contributed by atoms with Crippen molar-refractivity contribution in [2.24, 2.45) is 0 Å². The van der Waals surface area contributed by atoms with Crippen molar-refractivity contribution in [3.8, 4) is 0 Å². The number of nitro benzene ring substituents is 1. The van der Waals surface area contributed by atoms with E-state index >= 15 is 0 Å². The van der Waals surface area contributed by atoms with Crippen LogP contribution in [0, 0.1) is 10.1 Å². The Bertz CT molecular complexity index is 696. The predicted molar refractivity (Wildman–Crippen MR) is 84.3 cm³/mol. The molecule has 1 aromatic carbocycles. The van der Waals surface area contributed by atoms with Crippen LogP contribution in [0.3, 0.4) is 0 Å². The van der Waals surface area contributed by atoms with Gasteiger partial charge in [0.05, 0.1) is 35.7 Å². The molecule has 23 heavy (non-hydrogen) atoms. The van der Waals surface area contributed by atoms with E-state index in [2.05, 4.69) is 4.98 Å². The highest BCUT2D eigenvalue weighted by Crippen LogP contribution is 2.28. The molecule has 7 heteroatoms. The van der Waals surface area contributed by atoms with E-state index < -0.39 is 16.9 Å². The van der Waals surface area contributed by atoms with Crippen molar-refractivity contribution in [1.82, 2.24) is 9.55 Å². The number of carbonyl (C=O) groups excluding carboxylic acids is 1. The van der Waals surface area contributed by atoms with Crippen LogP contribution in [0.4, 0.5) is 5.69 Å². The number of hydrogen-bond acceptors (Lipinski definition) is 5. The third-order valence-electron chi connectivity index (χ3n) is 3.61. The van der Waals surface area contributed by atoms with Crippen LogP contribution in [0.1, 0.15) is 48.8 Å². The van der Waals surface area contributed by atoms with Crippen LogP contribution in [-0.4, -0.2) is 27.1 Å². The summed E-state index contributed by atoms with van der Waals surface area (Å²) in [6, 6.07) is 6.06. The lowest BCUT2D eigenvalue weighted by Gasteiger charge is -2.16. The molecule has 0 amide bonds. The van der Waals surface area contributed by atoms with Crippen molar-refractivity contribution in [2.45, 2.75) is 32.7 Å². The van der Waals surface area contributed by atoms with E-state index in [0.29, 0.717) is 12.2 Å². The molecule has 0 spiro atoms. The average Bonchev–Trinajstić information content (AvgIpc) is 3.04. The number of unbranched alkanes of at least 4 members (excludes halogenated alkanes) is 1. The Morgan fingerprint density at radius 2 is 2.17 bits per heavy atom. The summed E-state index contributed by atoms with van der Waals surface area (Å²) in [7, 11) is 0. The first kappa shape index (κ1) is 16.7. The molecular weight excluding hydrogens is 298 g/mol. The summed E-state index contributed by atoms with van der Waals surface area (Å²) < 4.78 is 6.79. The number of esters is 1. The minimum Gasteiger partial charge on any atom is -0.461 e. The highest BCUT2D eigenvalue weighted by atomic mass is 16.6. The van der Waals surface area contributed by atoms with Gasteiger partial charge in [0.15, 0.2) is 0 Å². The minimum absolute atomic E-state index is 0.0130. The molecular formula is C16H19N3O4. The molecule has 1 unspecified atom stereocenters. The number of imidazole rings is 1. The summed E-state index contributed by atoms with van der Waals surface area (Å²) in [6.07, 6.45) is 4.62. The van der Waals surface area contributed by atoms with Crippen LogP contribution in [0.2, 0.25) is 0 Å². The molecule has 1 heterocycles. The second-order valence-corrected chi connectivity index (χ2v) is 5.17.